The van der Waals surface area contributed by atoms with Crippen LogP contribution in [-0.2, 0) is 0 Å². The van der Waals surface area contributed by atoms with E-state index in [2.05, 4.69) is 24.0 Å². The number of aryl methyl sites for hydroxylation is 2. The van der Waals surface area contributed by atoms with Crippen molar-refractivity contribution in [1.29, 1.82) is 0 Å². The monoisotopic (exact) mass is 315 g/mol. The van der Waals surface area contributed by atoms with Crippen LogP contribution in [0.25, 0.3) is 0 Å². The normalized spacial score (nSPS) is 29.8. The number of hydrogen-bond donors (Lipinski definition) is 0. The van der Waals surface area contributed by atoms with Crippen LogP contribution in [0.1, 0.15) is 47.3 Å². The van der Waals surface area contributed by atoms with Gasteiger partial charge in [0.05, 0.1) is 5.56 Å². The smallest absolute Gasteiger partial charge is 0.255 e. The Kier molecular flexibility index (Phi) is 4.45. The summed E-state index contributed by atoms with van der Waals surface area (Å²) in [4.78, 5) is 21.4. The highest BCUT2D eigenvalue weighted by atomic mass is 16.2. The van der Waals surface area contributed by atoms with Gasteiger partial charge >= 0.3 is 0 Å². The van der Waals surface area contributed by atoms with Crippen LogP contribution in [0.15, 0.2) is 12.3 Å². The predicted octanol–water partition coefficient (Wildman–Crippen LogP) is 2.89. The van der Waals surface area contributed by atoms with Crippen LogP contribution in [0.3, 0.4) is 0 Å². The molecule has 0 saturated heterocycles. The maximum atomic E-state index is 12.8. The van der Waals surface area contributed by atoms with Gasteiger partial charge in [0.15, 0.2) is 0 Å². The molecular formula is C19H29N3O. The lowest BCUT2D eigenvalue weighted by atomic mass is 10.0. The maximum absolute atomic E-state index is 12.8. The maximum Gasteiger partial charge on any atom is 0.255 e. The minimum atomic E-state index is 0.120. The molecule has 1 heterocycles. The van der Waals surface area contributed by atoms with Gasteiger partial charge in [0.25, 0.3) is 5.91 Å². The van der Waals surface area contributed by atoms with E-state index < -0.39 is 0 Å². The van der Waals surface area contributed by atoms with E-state index in [0.29, 0.717) is 6.04 Å². The summed E-state index contributed by atoms with van der Waals surface area (Å²) in [6, 6.07) is 3.09. The number of fused-ring (bicyclic) bond motifs is 1. The Morgan fingerprint density at radius 2 is 1.61 bits per heavy atom. The van der Waals surface area contributed by atoms with Crippen molar-refractivity contribution < 1.29 is 4.79 Å². The second kappa shape index (κ2) is 6.23. The highest BCUT2D eigenvalue weighted by Crippen LogP contribution is 2.46. The molecule has 0 bridgehead atoms. The number of amides is 1. The van der Waals surface area contributed by atoms with Crippen LogP contribution in [0.5, 0.6) is 0 Å². The molecule has 126 valence electrons. The molecule has 0 N–H and O–H groups in total. The Morgan fingerprint density at radius 1 is 1.04 bits per heavy atom. The first-order chi connectivity index (χ1) is 10.9. The van der Waals surface area contributed by atoms with Gasteiger partial charge in [0.2, 0.25) is 0 Å². The van der Waals surface area contributed by atoms with Crippen molar-refractivity contribution in [1.82, 2.24) is 14.8 Å². The number of hydrogen-bond acceptors (Lipinski definition) is 3. The molecule has 1 amide bonds. The SMILES string of the molecule is Cc1cc(C(=O)N(C)C2C[C@H]3CC(N(C)C)C[C@H]3C2)cnc1C. The van der Waals surface area contributed by atoms with Crippen LogP contribution in [0.4, 0.5) is 0 Å². The van der Waals surface area contributed by atoms with E-state index in [9.17, 15) is 4.79 Å². The minimum absolute atomic E-state index is 0.120. The molecule has 2 aliphatic carbocycles. The largest absolute Gasteiger partial charge is 0.339 e. The molecule has 2 unspecified atom stereocenters. The summed E-state index contributed by atoms with van der Waals surface area (Å²) in [5.74, 6) is 1.70. The Bertz CT molecular complexity index is 584. The van der Waals surface area contributed by atoms with Crippen LogP contribution in [0, 0.1) is 25.7 Å². The van der Waals surface area contributed by atoms with Crippen molar-refractivity contribution in [2.75, 3.05) is 21.1 Å². The number of carbonyl (C=O) groups is 1. The zero-order chi connectivity index (χ0) is 16.7. The molecule has 0 radical (unpaired) electrons. The van der Waals surface area contributed by atoms with Gasteiger partial charge in [0.1, 0.15) is 0 Å². The summed E-state index contributed by atoms with van der Waals surface area (Å²) >= 11 is 0. The van der Waals surface area contributed by atoms with Gasteiger partial charge in [-0.3, -0.25) is 9.78 Å². The minimum Gasteiger partial charge on any atom is -0.339 e. The number of aromatic nitrogens is 1. The highest BCUT2D eigenvalue weighted by Gasteiger charge is 2.44. The van der Waals surface area contributed by atoms with Gasteiger partial charge in [-0.25, -0.2) is 0 Å². The van der Waals surface area contributed by atoms with Gasteiger partial charge in [-0.2, -0.15) is 0 Å². The molecule has 2 aliphatic rings. The molecule has 2 fully saturated rings. The van der Waals surface area contributed by atoms with Crippen molar-refractivity contribution in [3.05, 3.63) is 29.1 Å². The third-order valence-corrected chi connectivity index (χ3v) is 6.15. The Morgan fingerprint density at radius 3 is 2.13 bits per heavy atom. The molecule has 4 atom stereocenters. The van der Waals surface area contributed by atoms with Crippen LogP contribution in [0.2, 0.25) is 0 Å². The molecule has 23 heavy (non-hydrogen) atoms. The van der Waals surface area contributed by atoms with E-state index in [1.165, 1.54) is 12.8 Å². The van der Waals surface area contributed by atoms with Crippen LogP contribution >= 0.6 is 0 Å². The average Bonchev–Trinajstić information content (AvgIpc) is 3.07. The van der Waals surface area contributed by atoms with Gasteiger partial charge in [0, 0.05) is 31.0 Å². The van der Waals surface area contributed by atoms with Crippen molar-refractivity contribution >= 4 is 5.91 Å². The second-order valence-corrected chi connectivity index (χ2v) is 7.78. The zero-order valence-corrected chi connectivity index (χ0v) is 15.0. The summed E-state index contributed by atoms with van der Waals surface area (Å²) in [5, 5.41) is 0. The molecule has 0 spiro atoms. The lowest BCUT2D eigenvalue weighted by Gasteiger charge is -2.27. The summed E-state index contributed by atoms with van der Waals surface area (Å²) in [5.41, 5.74) is 2.80. The lowest BCUT2D eigenvalue weighted by Crippen LogP contribution is -2.36. The molecule has 0 aromatic carbocycles. The van der Waals surface area contributed by atoms with Crippen molar-refractivity contribution in [3.8, 4) is 0 Å². The van der Waals surface area contributed by atoms with Crippen molar-refractivity contribution in [2.45, 2.75) is 51.6 Å². The predicted molar refractivity (Wildman–Crippen MR) is 92.5 cm³/mol. The third-order valence-electron chi connectivity index (χ3n) is 6.15. The molecule has 3 rings (SSSR count). The average molecular weight is 315 g/mol. The number of nitrogens with zero attached hydrogens (tertiary/aromatic N) is 3. The quantitative estimate of drug-likeness (QED) is 0.860. The third kappa shape index (κ3) is 3.14. The van der Waals surface area contributed by atoms with Gasteiger partial charge in [-0.05, 0) is 77.1 Å². The second-order valence-electron chi connectivity index (χ2n) is 7.78. The van der Waals surface area contributed by atoms with E-state index in [0.717, 1.165) is 47.5 Å². The van der Waals surface area contributed by atoms with Gasteiger partial charge < -0.3 is 9.80 Å². The molecule has 0 aliphatic heterocycles. The van der Waals surface area contributed by atoms with E-state index >= 15 is 0 Å². The first kappa shape index (κ1) is 16.4. The fourth-order valence-electron chi connectivity index (χ4n) is 4.42. The zero-order valence-electron chi connectivity index (χ0n) is 15.0. The molecule has 4 heteroatoms. The summed E-state index contributed by atoms with van der Waals surface area (Å²) in [6.45, 7) is 3.99. The highest BCUT2D eigenvalue weighted by molar-refractivity contribution is 5.94. The summed E-state index contributed by atoms with van der Waals surface area (Å²) in [6.07, 6.45) is 6.63. The Labute approximate surface area is 139 Å². The molecular weight excluding hydrogens is 286 g/mol. The van der Waals surface area contributed by atoms with Gasteiger partial charge in [-0.15, -0.1) is 0 Å². The van der Waals surface area contributed by atoms with Crippen molar-refractivity contribution in [3.63, 3.8) is 0 Å². The van der Waals surface area contributed by atoms with E-state index in [4.69, 9.17) is 0 Å². The van der Waals surface area contributed by atoms with E-state index in [-0.39, 0.29) is 5.91 Å². The number of pyridine rings is 1. The lowest BCUT2D eigenvalue weighted by molar-refractivity contribution is 0.0725. The summed E-state index contributed by atoms with van der Waals surface area (Å²) < 4.78 is 0. The Balaban J connectivity index is 1.65. The fourth-order valence-corrected chi connectivity index (χ4v) is 4.42. The fraction of sp³-hybridized carbons (Fsp3) is 0.684. The molecule has 4 nitrogen and oxygen atoms in total. The topological polar surface area (TPSA) is 36.4 Å². The first-order valence-electron chi connectivity index (χ1n) is 8.73. The number of carbonyl (C=O) groups excluding carboxylic acids is 1. The Hall–Kier alpha value is -1.42. The van der Waals surface area contributed by atoms with Crippen LogP contribution in [-0.4, -0.2) is 53.9 Å². The standard InChI is InChI=1S/C19H29N3O/c1-12-6-16(11-20-13(12)2)19(23)22(5)18-9-14-7-17(21(3)4)8-15(14)10-18/h6,11,14-15,17-18H,7-10H2,1-5H3/t14-,15+,17?,18?. The van der Waals surface area contributed by atoms with E-state index in [1.807, 2.05) is 31.9 Å². The van der Waals surface area contributed by atoms with Gasteiger partial charge in [-0.1, -0.05) is 0 Å². The number of rotatable bonds is 3. The molecule has 1 aromatic rings. The van der Waals surface area contributed by atoms with E-state index in [1.54, 1.807) is 6.20 Å². The van der Waals surface area contributed by atoms with Crippen LogP contribution < -0.4 is 0 Å². The van der Waals surface area contributed by atoms with Crippen molar-refractivity contribution in [2.24, 2.45) is 11.8 Å². The summed E-state index contributed by atoms with van der Waals surface area (Å²) in [7, 11) is 6.34. The first-order valence-corrected chi connectivity index (χ1v) is 8.73. The molecule has 2 saturated carbocycles. The molecule has 1 aromatic heterocycles.